The second-order valence-corrected chi connectivity index (χ2v) is 8.45. The minimum atomic E-state index is -0.525. The van der Waals surface area contributed by atoms with Crippen molar-refractivity contribution in [3.05, 3.63) is 33.3 Å². The van der Waals surface area contributed by atoms with Crippen molar-refractivity contribution in [3.63, 3.8) is 0 Å². The molecular formula is C18H24BrClN2O3. The van der Waals surface area contributed by atoms with Gasteiger partial charge in [-0.15, -0.1) is 0 Å². The maximum atomic E-state index is 12.6. The fraction of sp³-hybridized carbons (Fsp3) is 0.556. The second kappa shape index (κ2) is 7.96. The third kappa shape index (κ3) is 5.35. The van der Waals surface area contributed by atoms with Gasteiger partial charge in [-0.2, -0.15) is 0 Å². The van der Waals surface area contributed by atoms with E-state index >= 15 is 0 Å². The van der Waals surface area contributed by atoms with E-state index in [-0.39, 0.29) is 24.5 Å². The maximum Gasteiger partial charge on any atom is 0.410 e. The predicted octanol–water partition coefficient (Wildman–Crippen LogP) is 4.11. The molecule has 0 aromatic heterocycles. The summed E-state index contributed by atoms with van der Waals surface area (Å²) in [6, 6.07) is 5.41. The largest absolute Gasteiger partial charge is 0.444 e. The van der Waals surface area contributed by atoms with Gasteiger partial charge in [-0.1, -0.05) is 23.7 Å². The quantitative estimate of drug-likeness (QED) is 0.708. The summed E-state index contributed by atoms with van der Waals surface area (Å²) in [7, 11) is 0. The van der Waals surface area contributed by atoms with E-state index in [2.05, 4.69) is 15.9 Å². The summed E-state index contributed by atoms with van der Waals surface area (Å²) >= 11 is 9.51. The minimum Gasteiger partial charge on any atom is -0.444 e. The van der Waals surface area contributed by atoms with Crippen molar-refractivity contribution in [2.75, 3.05) is 19.6 Å². The molecule has 1 aromatic rings. The van der Waals surface area contributed by atoms with Gasteiger partial charge in [0, 0.05) is 30.1 Å². The van der Waals surface area contributed by atoms with Gasteiger partial charge < -0.3 is 14.5 Å². The highest BCUT2D eigenvalue weighted by atomic mass is 79.9. The molecule has 1 atom stereocenters. The van der Waals surface area contributed by atoms with Crippen LogP contribution in [0.3, 0.4) is 0 Å². The van der Waals surface area contributed by atoms with Crippen LogP contribution in [0.4, 0.5) is 4.79 Å². The summed E-state index contributed by atoms with van der Waals surface area (Å²) in [6.45, 7) is 8.93. The molecular weight excluding hydrogens is 408 g/mol. The molecule has 1 aliphatic heterocycles. The maximum absolute atomic E-state index is 12.6. The molecule has 1 aromatic carbocycles. The van der Waals surface area contributed by atoms with Crippen molar-refractivity contribution in [1.29, 1.82) is 0 Å². The summed E-state index contributed by atoms with van der Waals surface area (Å²) in [5, 5.41) is 0.591. The van der Waals surface area contributed by atoms with Crippen molar-refractivity contribution < 1.29 is 14.3 Å². The molecule has 1 aliphatic rings. The molecule has 0 saturated carbocycles. The molecule has 0 N–H and O–H groups in total. The summed E-state index contributed by atoms with van der Waals surface area (Å²) in [6.07, 6.45) is -0.0509. The zero-order chi connectivity index (χ0) is 18.8. The fourth-order valence-electron chi connectivity index (χ4n) is 2.74. The summed E-state index contributed by atoms with van der Waals surface area (Å²) < 4.78 is 6.19. The molecule has 0 spiro atoms. The Labute approximate surface area is 162 Å². The van der Waals surface area contributed by atoms with E-state index in [1.54, 1.807) is 15.9 Å². The number of ether oxygens (including phenoxy) is 1. The van der Waals surface area contributed by atoms with E-state index in [0.29, 0.717) is 24.7 Å². The van der Waals surface area contributed by atoms with Crippen LogP contribution in [0.1, 0.15) is 33.3 Å². The lowest BCUT2D eigenvalue weighted by atomic mass is 10.1. The van der Waals surface area contributed by atoms with Crippen LogP contribution >= 0.6 is 27.5 Å². The molecule has 7 heteroatoms. The fourth-order valence-corrected chi connectivity index (χ4v) is 3.33. The van der Waals surface area contributed by atoms with E-state index in [9.17, 15) is 9.59 Å². The van der Waals surface area contributed by atoms with Crippen LogP contribution in [0.5, 0.6) is 0 Å². The lowest BCUT2D eigenvalue weighted by Gasteiger charge is -2.40. The van der Waals surface area contributed by atoms with E-state index in [4.69, 9.17) is 16.3 Å². The highest BCUT2D eigenvalue weighted by Crippen LogP contribution is 2.27. The normalized spacial score (nSPS) is 18.2. The molecule has 0 bridgehead atoms. The van der Waals surface area contributed by atoms with Crippen molar-refractivity contribution >= 4 is 39.5 Å². The molecule has 1 heterocycles. The van der Waals surface area contributed by atoms with Gasteiger partial charge in [0.2, 0.25) is 5.91 Å². The van der Waals surface area contributed by atoms with Crippen LogP contribution in [0, 0.1) is 0 Å². The molecule has 2 amide bonds. The Bertz CT molecular complexity index is 660. The highest BCUT2D eigenvalue weighted by molar-refractivity contribution is 9.10. The SMILES string of the molecule is CC1CN(C(=O)Cc2cccc(Cl)c2Br)CCN1C(=O)OC(C)(C)C. The average Bonchev–Trinajstić information content (AvgIpc) is 2.49. The van der Waals surface area contributed by atoms with Gasteiger partial charge in [0.15, 0.2) is 0 Å². The molecule has 0 aliphatic carbocycles. The Balaban J connectivity index is 1.97. The Morgan fingerprint density at radius 1 is 1.32 bits per heavy atom. The topological polar surface area (TPSA) is 49.9 Å². The molecule has 2 rings (SSSR count). The third-order valence-corrected chi connectivity index (χ3v) is 5.46. The molecule has 1 unspecified atom stereocenters. The Kier molecular flexibility index (Phi) is 6.38. The summed E-state index contributed by atoms with van der Waals surface area (Å²) in [4.78, 5) is 28.3. The Hall–Kier alpha value is -1.27. The van der Waals surface area contributed by atoms with Gasteiger partial charge in [-0.05, 0) is 55.3 Å². The second-order valence-electron chi connectivity index (χ2n) is 7.25. The van der Waals surface area contributed by atoms with Crippen molar-refractivity contribution in [2.45, 2.75) is 45.8 Å². The highest BCUT2D eigenvalue weighted by Gasteiger charge is 2.32. The van der Waals surface area contributed by atoms with Gasteiger partial charge in [0.25, 0.3) is 0 Å². The van der Waals surface area contributed by atoms with E-state index in [1.165, 1.54) is 0 Å². The number of carbonyl (C=O) groups excluding carboxylic acids is 2. The number of hydrogen-bond donors (Lipinski definition) is 0. The van der Waals surface area contributed by atoms with Gasteiger partial charge in [0.1, 0.15) is 5.60 Å². The van der Waals surface area contributed by atoms with Gasteiger partial charge in [-0.3, -0.25) is 4.79 Å². The lowest BCUT2D eigenvalue weighted by molar-refractivity contribution is -0.133. The van der Waals surface area contributed by atoms with E-state index in [1.807, 2.05) is 39.8 Å². The summed E-state index contributed by atoms with van der Waals surface area (Å²) in [5.74, 6) is 0.0265. The van der Waals surface area contributed by atoms with Crippen molar-refractivity contribution in [1.82, 2.24) is 9.80 Å². The zero-order valence-electron chi connectivity index (χ0n) is 15.0. The number of hydrogen-bond acceptors (Lipinski definition) is 3. The van der Waals surface area contributed by atoms with Gasteiger partial charge >= 0.3 is 6.09 Å². The lowest BCUT2D eigenvalue weighted by Crippen LogP contribution is -2.56. The first-order valence-corrected chi connectivity index (χ1v) is 9.46. The first-order chi connectivity index (χ1) is 11.6. The van der Waals surface area contributed by atoms with Crippen LogP contribution in [0.25, 0.3) is 0 Å². The zero-order valence-corrected chi connectivity index (χ0v) is 17.4. The molecule has 1 saturated heterocycles. The number of carbonyl (C=O) groups is 2. The van der Waals surface area contributed by atoms with Crippen LogP contribution in [0.15, 0.2) is 22.7 Å². The molecule has 25 heavy (non-hydrogen) atoms. The van der Waals surface area contributed by atoms with Crippen molar-refractivity contribution in [2.24, 2.45) is 0 Å². The van der Waals surface area contributed by atoms with Crippen LogP contribution in [-0.2, 0) is 16.0 Å². The van der Waals surface area contributed by atoms with Crippen LogP contribution in [0.2, 0.25) is 5.02 Å². The van der Waals surface area contributed by atoms with Crippen LogP contribution in [-0.4, -0.2) is 53.1 Å². The molecule has 5 nitrogen and oxygen atoms in total. The third-order valence-electron chi connectivity index (χ3n) is 3.98. The Morgan fingerprint density at radius 2 is 2.00 bits per heavy atom. The Morgan fingerprint density at radius 3 is 2.60 bits per heavy atom. The standard InChI is InChI=1S/C18H24BrClN2O3/c1-12-11-21(8-9-22(12)17(24)25-18(2,3)4)15(23)10-13-6-5-7-14(20)16(13)19/h5-7,12H,8-11H2,1-4H3. The van der Waals surface area contributed by atoms with E-state index < -0.39 is 5.60 Å². The first kappa shape index (κ1) is 20.0. The average molecular weight is 432 g/mol. The number of rotatable bonds is 2. The molecule has 0 radical (unpaired) electrons. The number of piperazine rings is 1. The van der Waals surface area contributed by atoms with Gasteiger partial charge in [-0.25, -0.2) is 4.79 Å². The van der Waals surface area contributed by atoms with Crippen LogP contribution < -0.4 is 0 Å². The number of nitrogens with zero attached hydrogens (tertiary/aromatic N) is 2. The summed E-state index contributed by atoms with van der Waals surface area (Å²) in [5.41, 5.74) is 0.336. The predicted molar refractivity (Wildman–Crippen MR) is 102 cm³/mol. The number of amides is 2. The first-order valence-electron chi connectivity index (χ1n) is 8.29. The van der Waals surface area contributed by atoms with E-state index in [0.717, 1.165) is 10.0 Å². The monoisotopic (exact) mass is 430 g/mol. The molecule has 138 valence electrons. The minimum absolute atomic E-state index is 0.0265. The number of benzene rings is 1. The van der Waals surface area contributed by atoms with Crippen molar-refractivity contribution in [3.8, 4) is 0 Å². The number of halogens is 2. The van der Waals surface area contributed by atoms with Gasteiger partial charge in [0.05, 0.1) is 11.4 Å². The smallest absolute Gasteiger partial charge is 0.410 e. The molecule has 1 fully saturated rings.